The fourth-order valence-electron chi connectivity index (χ4n) is 8.50. The van der Waals surface area contributed by atoms with Gasteiger partial charge in [0.15, 0.2) is 0 Å². The standard InChI is InChI=1S/C26H38N2O2S/c1-16-11-14-31-23(16)24(30)27-15-17-5-7-19-18-6-8-21-26(3,13-10-22(29)28(21)4)20(18)9-12-25(17,19)2/h11,14,17-21H,5-10,12-13,15H2,1-4H3,(H,27,30)/t17?,18-,19-,20+,21?,25+,26+/m0/s1. The molecule has 4 fully saturated rings. The van der Waals surface area contributed by atoms with Crippen molar-refractivity contribution in [3.8, 4) is 0 Å². The third-order valence-corrected chi connectivity index (χ3v) is 11.3. The molecule has 0 bridgehead atoms. The maximum absolute atomic E-state index is 12.7. The number of aryl methyl sites for hydroxylation is 1. The van der Waals surface area contributed by atoms with E-state index >= 15 is 0 Å². The van der Waals surface area contributed by atoms with Gasteiger partial charge in [0.2, 0.25) is 5.91 Å². The molecule has 2 heterocycles. The van der Waals surface area contributed by atoms with E-state index in [2.05, 4.69) is 24.1 Å². The largest absolute Gasteiger partial charge is 0.351 e. The summed E-state index contributed by atoms with van der Waals surface area (Å²) in [5.41, 5.74) is 1.72. The molecule has 2 amide bonds. The van der Waals surface area contributed by atoms with Crippen molar-refractivity contribution < 1.29 is 9.59 Å². The third kappa shape index (κ3) is 3.20. The maximum atomic E-state index is 12.7. The molecule has 1 aromatic rings. The topological polar surface area (TPSA) is 49.4 Å². The molecule has 0 spiro atoms. The summed E-state index contributed by atoms with van der Waals surface area (Å²) < 4.78 is 0. The molecule has 2 unspecified atom stereocenters. The van der Waals surface area contributed by atoms with Gasteiger partial charge in [-0.1, -0.05) is 13.8 Å². The summed E-state index contributed by atoms with van der Waals surface area (Å²) in [5.74, 6) is 3.36. The number of rotatable bonds is 3. The van der Waals surface area contributed by atoms with Crippen LogP contribution in [0.25, 0.3) is 0 Å². The Balaban J connectivity index is 1.30. The van der Waals surface area contributed by atoms with Gasteiger partial charge in [-0.3, -0.25) is 9.59 Å². The molecular formula is C26H38N2O2S. The highest BCUT2D eigenvalue weighted by atomic mass is 32.1. The molecule has 4 aliphatic rings. The smallest absolute Gasteiger partial charge is 0.261 e. The van der Waals surface area contributed by atoms with Crippen LogP contribution in [0.3, 0.4) is 0 Å². The van der Waals surface area contributed by atoms with E-state index in [0.717, 1.165) is 47.6 Å². The summed E-state index contributed by atoms with van der Waals surface area (Å²) in [5, 5.41) is 5.29. The molecule has 170 valence electrons. The Hall–Kier alpha value is -1.36. The number of hydrogen-bond donors (Lipinski definition) is 1. The Morgan fingerprint density at radius 2 is 1.90 bits per heavy atom. The number of fused-ring (bicyclic) bond motifs is 5. The highest BCUT2D eigenvalue weighted by Gasteiger charge is 2.60. The molecule has 0 aromatic carbocycles. The Bertz CT molecular complexity index is 881. The lowest BCUT2D eigenvalue weighted by Gasteiger charge is -2.61. The minimum atomic E-state index is 0.108. The fourth-order valence-corrected chi connectivity index (χ4v) is 9.34. The van der Waals surface area contributed by atoms with Crippen molar-refractivity contribution in [3.05, 3.63) is 21.9 Å². The van der Waals surface area contributed by atoms with Crippen LogP contribution in [0.15, 0.2) is 11.4 Å². The van der Waals surface area contributed by atoms with E-state index in [1.807, 2.05) is 25.4 Å². The number of carbonyl (C=O) groups is 2. The molecule has 3 aliphatic carbocycles. The lowest BCUT2D eigenvalue weighted by molar-refractivity contribution is -0.158. The average molecular weight is 443 g/mol. The molecule has 1 N–H and O–H groups in total. The molecule has 0 radical (unpaired) electrons. The van der Waals surface area contributed by atoms with E-state index in [9.17, 15) is 9.59 Å². The summed E-state index contributed by atoms with van der Waals surface area (Å²) in [7, 11) is 2.04. The first kappa shape index (κ1) is 21.5. The van der Waals surface area contributed by atoms with E-state index in [4.69, 9.17) is 0 Å². The average Bonchev–Trinajstić information content (AvgIpc) is 3.32. The van der Waals surface area contributed by atoms with Gasteiger partial charge in [-0.2, -0.15) is 0 Å². The molecular weight excluding hydrogens is 404 g/mol. The van der Waals surface area contributed by atoms with Gasteiger partial charge in [0, 0.05) is 26.1 Å². The monoisotopic (exact) mass is 442 g/mol. The zero-order valence-corrected chi connectivity index (χ0v) is 20.4. The van der Waals surface area contributed by atoms with E-state index in [-0.39, 0.29) is 11.3 Å². The Morgan fingerprint density at radius 1 is 1.13 bits per heavy atom. The van der Waals surface area contributed by atoms with E-state index < -0.39 is 0 Å². The minimum Gasteiger partial charge on any atom is -0.351 e. The summed E-state index contributed by atoms with van der Waals surface area (Å²) >= 11 is 1.55. The lowest BCUT2D eigenvalue weighted by atomic mass is 9.47. The predicted octanol–water partition coefficient (Wildman–Crippen LogP) is 5.27. The number of carbonyl (C=O) groups excluding carboxylic acids is 2. The lowest BCUT2D eigenvalue weighted by Crippen LogP contribution is -2.61. The Labute approximate surface area is 191 Å². The second kappa shape index (κ2) is 7.60. The predicted molar refractivity (Wildman–Crippen MR) is 125 cm³/mol. The van der Waals surface area contributed by atoms with Crippen LogP contribution in [0.5, 0.6) is 0 Å². The van der Waals surface area contributed by atoms with Gasteiger partial charge in [-0.15, -0.1) is 11.3 Å². The molecule has 5 heteroatoms. The number of nitrogens with zero attached hydrogens (tertiary/aromatic N) is 1. The molecule has 1 saturated heterocycles. The number of thiophene rings is 1. The van der Waals surface area contributed by atoms with Crippen molar-refractivity contribution >= 4 is 23.2 Å². The van der Waals surface area contributed by atoms with Crippen LogP contribution in [0.1, 0.15) is 80.4 Å². The number of likely N-dealkylation sites (tertiary alicyclic amines) is 1. The molecule has 3 saturated carbocycles. The van der Waals surface area contributed by atoms with Crippen LogP contribution >= 0.6 is 11.3 Å². The van der Waals surface area contributed by atoms with E-state index in [0.29, 0.717) is 23.3 Å². The Kier molecular flexibility index (Phi) is 5.27. The van der Waals surface area contributed by atoms with Crippen molar-refractivity contribution in [1.29, 1.82) is 0 Å². The normalized spacial score (nSPS) is 42.0. The van der Waals surface area contributed by atoms with Crippen molar-refractivity contribution in [2.24, 2.45) is 34.5 Å². The van der Waals surface area contributed by atoms with Crippen LogP contribution in [-0.4, -0.2) is 36.3 Å². The van der Waals surface area contributed by atoms with Crippen LogP contribution in [0, 0.1) is 41.4 Å². The maximum Gasteiger partial charge on any atom is 0.261 e. The Morgan fingerprint density at radius 3 is 2.65 bits per heavy atom. The number of amides is 2. The van der Waals surface area contributed by atoms with E-state index in [1.54, 1.807) is 11.3 Å². The summed E-state index contributed by atoms with van der Waals surface area (Å²) in [6.45, 7) is 7.86. The summed E-state index contributed by atoms with van der Waals surface area (Å²) in [6, 6.07) is 2.46. The number of piperidine rings is 1. The van der Waals surface area contributed by atoms with E-state index in [1.165, 1.54) is 38.5 Å². The molecule has 7 atom stereocenters. The van der Waals surface area contributed by atoms with Gasteiger partial charge >= 0.3 is 0 Å². The van der Waals surface area contributed by atoms with Crippen molar-refractivity contribution in [2.45, 2.75) is 78.2 Å². The van der Waals surface area contributed by atoms with Crippen LogP contribution in [-0.2, 0) is 4.79 Å². The minimum absolute atomic E-state index is 0.108. The summed E-state index contributed by atoms with van der Waals surface area (Å²) in [4.78, 5) is 28.0. The molecule has 1 aliphatic heterocycles. The van der Waals surface area contributed by atoms with Gasteiger partial charge in [0.05, 0.1) is 4.88 Å². The molecule has 5 rings (SSSR count). The van der Waals surface area contributed by atoms with Crippen molar-refractivity contribution in [1.82, 2.24) is 10.2 Å². The third-order valence-electron chi connectivity index (χ3n) is 10.3. The van der Waals surface area contributed by atoms with Gasteiger partial charge in [-0.25, -0.2) is 0 Å². The molecule has 31 heavy (non-hydrogen) atoms. The van der Waals surface area contributed by atoms with Crippen molar-refractivity contribution in [2.75, 3.05) is 13.6 Å². The molecule has 1 aromatic heterocycles. The van der Waals surface area contributed by atoms with Gasteiger partial charge in [-0.05, 0) is 103 Å². The molecule has 4 nitrogen and oxygen atoms in total. The number of hydrogen-bond acceptors (Lipinski definition) is 3. The SMILES string of the molecule is Cc1ccsc1C(=O)NCC1CC[C@H]2[C@@H]3CCC4N(C)C(=O)CC[C@]4(C)[C@@H]3CC[C@]12C. The number of nitrogens with one attached hydrogen (secondary N) is 1. The van der Waals surface area contributed by atoms with Gasteiger partial charge in [0.1, 0.15) is 0 Å². The first-order chi connectivity index (χ1) is 14.8. The van der Waals surface area contributed by atoms with Crippen LogP contribution in [0.4, 0.5) is 0 Å². The first-order valence-electron chi connectivity index (χ1n) is 12.3. The van der Waals surface area contributed by atoms with Crippen LogP contribution in [0.2, 0.25) is 0 Å². The van der Waals surface area contributed by atoms with Crippen LogP contribution < -0.4 is 5.32 Å². The zero-order valence-electron chi connectivity index (χ0n) is 19.6. The fraction of sp³-hybridized carbons (Fsp3) is 0.769. The van der Waals surface area contributed by atoms with Gasteiger partial charge < -0.3 is 10.2 Å². The highest BCUT2D eigenvalue weighted by molar-refractivity contribution is 7.12. The second-order valence-electron chi connectivity index (χ2n) is 11.4. The quantitative estimate of drug-likeness (QED) is 0.694. The van der Waals surface area contributed by atoms with Gasteiger partial charge in [0.25, 0.3) is 5.91 Å². The first-order valence-corrected chi connectivity index (χ1v) is 13.2. The zero-order chi connectivity index (χ0) is 22.0. The highest BCUT2D eigenvalue weighted by Crippen LogP contribution is 2.66. The second-order valence-corrected chi connectivity index (χ2v) is 12.4. The van der Waals surface area contributed by atoms with Crippen molar-refractivity contribution in [3.63, 3.8) is 0 Å². The summed E-state index contributed by atoms with van der Waals surface area (Å²) in [6.07, 6.45) is 9.37.